The van der Waals surface area contributed by atoms with Crippen LogP contribution in [0, 0.1) is 0 Å². The van der Waals surface area contributed by atoms with Gasteiger partial charge in [-0.25, -0.2) is 0 Å². The number of halogens is 4. The van der Waals surface area contributed by atoms with Crippen molar-refractivity contribution in [3.63, 3.8) is 0 Å². The molecular weight excluding hydrogens is 273 g/mol. The number of allylic oxidation sites excluding steroid dienone is 1. The highest BCUT2D eigenvalue weighted by Crippen LogP contribution is 2.39. The molecule has 0 aromatic heterocycles. The second-order valence-corrected chi connectivity index (χ2v) is 3.80. The van der Waals surface area contributed by atoms with Gasteiger partial charge in [0.1, 0.15) is 5.75 Å². The van der Waals surface area contributed by atoms with E-state index in [2.05, 4.69) is 15.9 Å². The fraction of sp³-hybridized carbons (Fsp3) is 0.200. The van der Waals surface area contributed by atoms with Crippen molar-refractivity contribution in [1.82, 2.24) is 0 Å². The average Bonchev–Trinajstić information content (AvgIpc) is 2.09. The first-order chi connectivity index (χ1) is 6.86. The Balaban J connectivity index is 3.41. The van der Waals surface area contributed by atoms with E-state index in [9.17, 15) is 18.3 Å². The highest BCUT2D eigenvalue weighted by Gasteiger charge is 2.34. The minimum atomic E-state index is -4.55. The number of alkyl halides is 3. The summed E-state index contributed by atoms with van der Waals surface area (Å²) in [7, 11) is 0. The van der Waals surface area contributed by atoms with Crippen molar-refractivity contribution in [2.24, 2.45) is 0 Å². The number of hydrogen-bond donors (Lipinski definition) is 1. The Morgan fingerprint density at radius 3 is 2.40 bits per heavy atom. The zero-order chi connectivity index (χ0) is 11.6. The van der Waals surface area contributed by atoms with Crippen molar-refractivity contribution in [3.8, 4) is 5.75 Å². The molecule has 5 heteroatoms. The van der Waals surface area contributed by atoms with Gasteiger partial charge in [0.15, 0.2) is 0 Å². The molecule has 0 amide bonds. The Kier molecular flexibility index (Phi) is 3.44. The third-order valence-electron chi connectivity index (χ3n) is 1.76. The Bertz CT molecular complexity index is 396. The van der Waals surface area contributed by atoms with Crippen molar-refractivity contribution in [3.05, 3.63) is 33.8 Å². The molecule has 0 radical (unpaired) electrons. The van der Waals surface area contributed by atoms with Crippen LogP contribution >= 0.6 is 15.9 Å². The molecule has 1 rings (SSSR count). The summed E-state index contributed by atoms with van der Waals surface area (Å²) in [5.41, 5.74) is -0.899. The Morgan fingerprint density at radius 2 is 1.93 bits per heavy atom. The van der Waals surface area contributed by atoms with Crippen molar-refractivity contribution in [2.75, 3.05) is 0 Å². The molecule has 1 aromatic rings. The van der Waals surface area contributed by atoms with Crippen LogP contribution in [0.3, 0.4) is 0 Å². The molecule has 0 aliphatic rings. The van der Waals surface area contributed by atoms with Crippen LogP contribution < -0.4 is 0 Å². The lowest BCUT2D eigenvalue weighted by Gasteiger charge is -2.11. The Labute approximate surface area is 93.4 Å². The van der Waals surface area contributed by atoms with Gasteiger partial charge in [0, 0.05) is 10.0 Å². The van der Waals surface area contributed by atoms with Gasteiger partial charge in [-0.2, -0.15) is 13.2 Å². The summed E-state index contributed by atoms with van der Waals surface area (Å²) in [5.74, 6) is -0.746. The zero-order valence-electron chi connectivity index (χ0n) is 7.77. The lowest BCUT2D eigenvalue weighted by Crippen LogP contribution is -2.05. The first-order valence-electron chi connectivity index (χ1n) is 4.08. The molecule has 82 valence electrons. The fourth-order valence-electron chi connectivity index (χ4n) is 1.14. The molecule has 0 fully saturated rings. The van der Waals surface area contributed by atoms with Crippen LogP contribution in [0.15, 0.2) is 22.7 Å². The summed E-state index contributed by atoms with van der Waals surface area (Å²) in [6.07, 6.45) is -1.58. The predicted octanol–water partition coefficient (Wildman–Crippen LogP) is 4.21. The molecule has 1 aromatic carbocycles. The molecular formula is C10H8BrF3O. The van der Waals surface area contributed by atoms with E-state index in [0.29, 0.717) is 0 Å². The summed E-state index contributed by atoms with van der Waals surface area (Å²) in [6, 6.07) is 2.27. The summed E-state index contributed by atoms with van der Waals surface area (Å²) in [5, 5.41) is 9.39. The smallest absolute Gasteiger partial charge is 0.420 e. The highest BCUT2D eigenvalue weighted by molar-refractivity contribution is 9.10. The maximum atomic E-state index is 12.4. The predicted molar refractivity (Wildman–Crippen MR) is 55.5 cm³/mol. The molecule has 0 bridgehead atoms. The summed E-state index contributed by atoms with van der Waals surface area (Å²) in [6.45, 7) is 1.66. The third-order valence-corrected chi connectivity index (χ3v) is 2.21. The van der Waals surface area contributed by atoms with E-state index in [-0.39, 0.29) is 10.0 Å². The van der Waals surface area contributed by atoms with Gasteiger partial charge in [-0.05, 0) is 19.1 Å². The van der Waals surface area contributed by atoms with E-state index in [4.69, 9.17) is 0 Å². The zero-order valence-corrected chi connectivity index (χ0v) is 9.35. The molecule has 0 atom stereocenters. The van der Waals surface area contributed by atoms with E-state index in [1.807, 2.05) is 0 Å². The number of rotatable bonds is 1. The van der Waals surface area contributed by atoms with E-state index >= 15 is 0 Å². The van der Waals surface area contributed by atoms with Crippen LogP contribution in [0.2, 0.25) is 0 Å². The van der Waals surface area contributed by atoms with E-state index in [1.165, 1.54) is 12.1 Å². The molecule has 1 N–H and O–H groups in total. The molecule has 0 spiro atoms. The lowest BCUT2D eigenvalue weighted by atomic mass is 10.1. The Hall–Kier alpha value is -0.970. The molecule has 0 aliphatic heterocycles. The number of hydrogen-bond acceptors (Lipinski definition) is 1. The number of benzene rings is 1. The molecule has 0 unspecified atom stereocenters. The van der Waals surface area contributed by atoms with Crippen molar-refractivity contribution >= 4 is 22.0 Å². The number of aromatic hydroxyl groups is 1. The summed E-state index contributed by atoms with van der Waals surface area (Å²) < 4.78 is 37.6. The monoisotopic (exact) mass is 280 g/mol. The number of phenolic OH excluding ortho intramolecular Hbond substituents is 1. The van der Waals surface area contributed by atoms with Crippen LogP contribution in [0.25, 0.3) is 6.08 Å². The van der Waals surface area contributed by atoms with Gasteiger partial charge in [0.2, 0.25) is 0 Å². The fourth-order valence-corrected chi connectivity index (χ4v) is 1.62. The van der Waals surface area contributed by atoms with E-state index in [0.717, 1.165) is 6.07 Å². The SMILES string of the molecule is C/C=C/c1cc(Br)cc(C(F)(F)F)c1O. The van der Waals surface area contributed by atoms with Crippen LogP contribution in [-0.4, -0.2) is 5.11 Å². The first-order valence-corrected chi connectivity index (χ1v) is 4.88. The van der Waals surface area contributed by atoms with E-state index in [1.54, 1.807) is 13.0 Å². The van der Waals surface area contributed by atoms with Crippen molar-refractivity contribution in [2.45, 2.75) is 13.1 Å². The van der Waals surface area contributed by atoms with Gasteiger partial charge in [0.05, 0.1) is 5.56 Å². The van der Waals surface area contributed by atoms with Gasteiger partial charge in [-0.15, -0.1) is 0 Å². The quantitative estimate of drug-likeness (QED) is 0.817. The summed E-state index contributed by atoms with van der Waals surface area (Å²) in [4.78, 5) is 0. The topological polar surface area (TPSA) is 20.2 Å². The molecule has 1 nitrogen and oxygen atoms in total. The maximum Gasteiger partial charge on any atom is 0.420 e. The highest BCUT2D eigenvalue weighted by atomic mass is 79.9. The third kappa shape index (κ3) is 2.75. The average molecular weight is 281 g/mol. The molecule has 0 aliphatic carbocycles. The molecule has 15 heavy (non-hydrogen) atoms. The standard InChI is InChI=1S/C10H8BrF3O/c1-2-3-6-4-7(11)5-8(9(6)15)10(12,13)14/h2-5,15H,1H3/b3-2+. The minimum Gasteiger partial charge on any atom is -0.507 e. The van der Waals surface area contributed by atoms with Crippen LogP contribution in [0.1, 0.15) is 18.1 Å². The minimum absolute atomic E-state index is 0.138. The van der Waals surface area contributed by atoms with Crippen molar-refractivity contribution < 1.29 is 18.3 Å². The Morgan fingerprint density at radius 1 is 1.33 bits per heavy atom. The molecule has 0 heterocycles. The van der Waals surface area contributed by atoms with Gasteiger partial charge in [-0.3, -0.25) is 0 Å². The van der Waals surface area contributed by atoms with Crippen LogP contribution in [-0.2, 0) is 6.18 Å². The normalized spacial score (nSPS) is 12.3. The number of phenols is 1. The molecule has 0 saturated carbocycles. The van der Waals surface area contributed by atoms with Crippen LogP contribution in [0.5, 0.6) is 5.75 Å². The second kappa shape index (κ2) is 4.26. The summed E-state index contributed by atoms with van der Waals surface area (Å²) >= 11 is 2.96. The van der Waals surface area contributed by atoms with Crippen LogP contribution in [0.4, 0.5) is 13.2 Å². The van der Waals surface area contributed by atoms with Gasteiger partial charge in [0.25, 0.3) is 0 Å². The van der Waals surface area contributed by atoms with E-state index < -0.39 is 17.5 Å². The maximum absolute atomic E-state index is 12.4. The van der Waals surface area contributed by atoms with Gasteiger partial charge >= 0.3 is 6.18 Å². The van der Waals surface area contributed by atoms with Gasteiger partial charge in [-0.1, -0.05) is 28.1 Å². The lowest BCUT2D eigenvalue weighted by molar-refractivity contribution is -0.138. The first kappa shape index (κ1) is 12.1. The second-order valence-electron chi connectivity index (χ2n) is 2.89. The van der Waals surface area contributed by atoms with Gasteiger partial charge < -0.3 is 5.11 Å². The largest absolute Gasteiger partial charge is 0.507 e. The molecule has 0 saturated heterocycles. The van der Waals surface area contributed by atoms with Crippen molar-refractivity contribution in [1.29, 1.82) is 0 Å².